The summed E-state index contributed by atoms with van der Waals surface area (Å²) in [4.78, 5) is 0. The summed E-state index contributed by atoms with van der Waals surface area (Å²) in [6.45, 7) is 3.02. The monoisotopic (exact) mass is 203 g/mol. The number of rotatable bonds is 5. The van der Waals surface area contributed by atoms with Crippen LogP contribution in [0.1, 0.15) is 19.3 Å². The molecule has 3 heteroatoms. The van der Waals surface area contributed by atoms with E-state index in [0.717, 1.165) is 19.8 Å². The van der Waals surface area contributed by atoms with Crippen molar-refractivity contribution < 1.29 is 4.74 Å². The highest BCUT2D eigenvalue weighted by atomic mass is 32.2. The van der Waals surface area contributed by atoms with Gasteiger partial charge >= 0.3 is 0 Å². The van der Waals surface area contributed by atoms with E-state index in [4.69, 9.17) is 4.74 Å². The number of thioether (sulfide) groups is 1. The van der Waals surface area contributed by atoms with Gasteiger partial charge in [-0.05, 0) is 38.3 Å². The van der Waals surface area contributed by atoms with Crippen LogP contribution >= 0.6 is 11.8 Å². The van der Waals surface area contributed by atoms with Crippen molar-refractivity contribution in [1.29, 1.82) is 0 Å². The Balaban J connectivity index is 2.40. The minimum Gasteiger partial charge on any atom is -0.381 e. The van der Waals surface area contributed by atoms with E-state index in [9.17, 15) is 0 Å². The molecule has 0 aromatic carbocycles. The average Bonchev–Trinajstić information content (AvgIpc) is 2.17. The zero-order valence-electron chi connectivity index (χ0n) is 8.77. The van der Waals surface area contributed by atoms with E-state index < -0.39 is 0 Å². The lowest BCUT2D eigenvalue weighted by Gasteiger charge is -2.37. The quantitative estimate of drug-likeness (QED) is 0.735. The molecule has 0 saturated carbocycles. The average molecular weight is 203 g/mol. The molecule has 78 valence electrons. The SMILES string of the molecule is CNCC1(CCSC)CCCOC1. The van der Waals surface area contributed by atoms with E-state index in [2.05, 4.69) is 11.6 Å². The van der Waals surface area contributed by atoms with E-state index in [-0.39, 0.29) is 0 Å². The van der Waals surface area contributed by atoms with E-state index in [1.165, 1.54) is 25.0 Å². The van der Waals surface area contributed by atoms with E-state index >= 15 is 0 Å². The van der Waals surface area contributed by atoms with Gasteiger partial charge in [-0.2, -0.15) is 11.8 Å². The minimum atomic E-state index is 0.427. The third-order valence-electron chi connectivity index (χ3n) is 2.79. The van der Waals surface area contributed by atoms with Crippen molar-refractivity contribution in [1.82, 2.24) is 5.32 Å². The number of ether oxygens (including phenoxy) is 1. The highest BCUT2D eigenvalue weighted by Crippen LogP contribution is 2.32. The molecule has 1 aliphatic rings. The van der Waals surface area contributed by atoms with Gasteiger partial charge in [0, 0.05) is 18.6 Å². The van der Waals surface area contributed by atoms with Crippen LogP contribution in [0.25, 0.3) is 0 Å². The molecule has 0 aromatic rings. The number of nitrogens with one attached hydrogen (secondary N) is 1. The fourth-order valence-corrected chi connectivity index (χ4v) is 2.67. The van der Waals surface area contributed by atoms with Crippen LogP contribution in [0.2, 0.25) is 0 Å². The molecule has 1 saturated heterocycles. The van der Waals surface area contributed by atoms with Gasteiger partial charge < -0.3 is 10.1 Å². The lowest BCUT2D eigenvalue weighted by molar-refractivity contribution is -0.00781. The molecule has 0 aliphatic carbocycles. The first-order valence-corrected chi connectivity index (χ1v) is 6.44. The van der Waals surface area contributed by atoms with Crippen molar-refractivity contribution in [2.75, 3.05) is 38.8 Å². The molecule has 1 N–H and O–H groups in total. The van der Waals surface area contributed by atoms with Gasteiger partial charge in [0.25, 0.3) is 0 Å². The van der Waals surface area contributed by atoms with Crippen LogP contribution in [0.3, 0.4) is 0 Å². The number of hydrogen-bond donors (Lipinski definition) is 1. The Morgan fingerprint density at radius 1 is 1.54 bits per heavy atom. The summed E-state index contributed by atoms with van der Waals surface area (Å²) in [5, 5.41) is 3.30. The van der Waals surface area contributed by atoms with Gasteiger partial charge in [-0.15, -0.1) is 0 Å². The molecule has 1 rings (SSSR count). The topological polar surface area (TPSA) is 21.3 Å². The predicted molar refractivity (Wildman–Crippen MR) is 59.4 cm³/mol. The zero-order valence-corrected chi connectivity index (χ0v) is 9.58. The van der Waals surface area contributed by atoms with Crippen LogP contribution in [0, 0.1) is 5.41 Å². The molecule has 13 heavy (non-hydrogen) atoms. The normalized spacial score (nSPS) is 29.1. The second-order valence-corrected chi connectivity index (χ2v) is 4.91. The molecular formula is C10H21NOS. The molecular weight excluding hydrogens is 182 g/mol. The Hall–Kier alpha value is 0.270. The summed E-state index contributed by atoms with van der Waals surface area (Å²) in [7, 11) is 2.04. The van der Waals surface area contributed by atoms with Crippen LogP contribution in [-0.2, 0) is 4.74 Å². The smallest absolute Gasteiger partial charge is 0.0534 e. The van der Waals surface area contributed by atoms with Crippen molar-refractivity contribution in [2.24, 2.45) is 5.41 Å². The summed E-state index contributed by atoms with van der Waals surface area (Å²) in [5.41, 5.74) is 0.427. The second-order valence-electron chi connectivity index (χ2n) is 3.93. The summed E-state index contributed by atoms with van der Waals surface area (Å²) in [6.07, 6.45) is 6.02. The highest BCUT2D eigenvalue weighted by Gasteiger charge is 2.31. The molecule has 0 bridgehead atoms. The molecule has 1 aliphatic heterocycles. The lowest BCUT2D eigenvalue weighted by Crippen LogP contribution is -2.40. The van der Waals surface area contributed by atoms with E-state index in [0.29, 0.717) is 5.41 Å². The largest absolute Gasteiger partial charge is 0.381 e. The fourth-order valence-electron chi connectivity index (χ4n) is 2.03. The molecule has 1 unspecified atom stereocenters. The summed E-state index contributed by atoms with van der Waals surface area (Å²) in [6, 6.07) is 0. The molecule has 1 atom stereocenters. The minimum absolute atomic E-state index is 0.427. The van der Waals surface area contributed by atoms with Gasteiger partial charge in [-0.3, -0.25) is 0 Å². The number of hydrogen-bond acceptors (Lipinski definition) is 3. The Kier molecular flexibility index (Phi) is 5.14. The summed E-state index contributed by atoms with van der Waals surface area (Å²) < 4.78 is 5.59. The molecule has 0 aromatic heterocycles. The van der Waals surface area contributed by atoms with Crippen molar-refractivity contribution in [3.8, 4) is 0 Å². The van der Waals surface area contributed by atoms with Gasteiger partial charge in [0.15, 0.2) is 0 Å². The molecule has 0 spiro atoms. The van der Waals surface area contributed by atoms with E-state index in [1.54, 1.807) is 0 Å². The van der Waals surface area contributed by atoms with Gasteiger partial charge in [0.1, 0.15) is 0 Å². The van der Waals surface area contributed by atoms with Crippen molar-refractivity contribution in [3.05, 3.63) is 0 Å². The Morgan fingerprint density at radius 3 is 2.92 bits per heavy atom. The van der Waals surface area contributed by atoms with Crippen molar-refractivity contribution in [2.45, 2.75) is 19.3 Å². The van der Waals surface area contributed by atoms with Gasteiger partial charge in [0.2, 0.25) is 0 Å². The Labute approximate surface area is 85.8 Å². The van der Waals surface area contributed by atoms with Crippen LogP contribution in [0.4, 0.5) is 0 Å². The maximum atomic E-state index is 5.59. The van der Waals surface area contributed by atoms with Crippen LogP contribution < -0.4 is 5.32 Å². The van der Waals surface area contributed by atoms with Gasteiger partial charge in [-0.25, -0.2) is 0 Å². The summed E-state index contributed by atoms with van der Waals surface area (Å²) >= 11 is 1.94. The lowest BCUT2D eigenvalue weighted by atomic mass is 9.80. The summed E-state index contributed by atoms with van der Waals surface area (Å²) in [5.74, 6) is 1.25. The molecule has 1 heterocycles. The first kappa shape index (κ1) is 11.3. The van der Waals surface area contributed by atoms with Crippen LogP contribution in [-0.4, -0.2) is 38.8 Å². The highest BCUT2D eigenvalue weighted by molar-refractivity contribution is 7.98. The van der Waals surface area contributed by atoms with Crippen molar-refractivity contribution >= 4 is 11.8 Å². The van der Waals surface area contributed by atoms with Crippen molar-refractivity contribution in [3.63, 3.8) is 0 Å². The first-order chi connectivity index (χ1) is 6.33. The third-order valence-corrected chi connectivity index (χ3v) is 3.40. The standard InChI is InChI=1S/C10H21NOS/c1-11-8-10(5-7-13-2)4-3-6-12-9-10/h11H,3-9H2,1-2H3. The molecule has 0 radical (unpaired) electrons. The van der Waals surface area contributed by atoms with Crippen LogP contribution in [0.15, 0.2) is 0 Å². The van der Waals surface area contributed by atoms with Crippen LogP contribution in [0.5, 0.6) is 0 Å². The predicted octanol–water partition coefficient (Wildman–Crippen LogP) is 1.76. The van der Waals surface area contributed by atoms with Gasteiger partial charge in [-0.1, -0.05) is 0 Å². The third kappa shape index (κ3) is 3.49. The Bertz CT molecular complexity index is 129. The molecule has 2 nitrogen and oxygen atoms in total. The van der Waals surface area contributed by atoms with Gasteiger partial charge in [0.05, 0.1) is 6.61 Å². The second kappa shape index (κ2) is 5.89. The maximum absolute atomic E-state index is 5.59. The van der Waals surface area contributed by atoms with E-state index in [1.807, 2.05) is 18.8 Å². The fraction of sp³-hybridized carbons (Fsp3) is 1.00. The molecule has 1 fully saturated rings. The zero-order chi connectivity index (χ0) is 9.57. The Morgan fingerprint density at radius 2 is 2.38 bits per heavy atom. The molecule has 0 amide bonds. The maximum Gasteiger partial charge on any atom is 0.0534 e. The first-order valence-electron chi connectivity index (χ1n) is 5.04.